The molecular formula is C36H55NO3. The van der Waals surface area contributed by atoms with Crippen molar-refractivity contribution in [2.24, 2.45) is 0 Å². The lowest BCUT2D eigenvalue weighted by Crippen LogP contribution is -2.29. The Kier molecular flexibility index (Phi) is 14.0. The maximum atomic E-state index is 11.9. The van der Waals surface area contributed by atoms with E-state index in [0.717, 1.165) is 40.8 Å². The van der Waals surface area contributed by atoms with Gasteiger partial charge >= 0.3 is 5.97 Å². The van der Waals surface area contributed by atoms with Crippen molar-refractivity contribution < 1.29 is 14.3 Å². The van der Waals surface area contributed by atoms with E-state index in [1.165, 1.54) is 116 Å². The molecular weight excluding hydrogens is 494 g/mol. The predicted molar refractivity (Wildman–Crippen MR) is 167 cm³/mol. The minimum Gasteiger partial charge on any atom is -0.482 e. The quantitative estimate of drug-likeness (QED) is 0.0936. The Balaban J connectivity index is 1.31. The molecule has 1 aromatic carbocycles. The van der Waals surface area contributed by atoms with Gasteiger partial charge in [-0.3, -0.25) is 9.78 Å². The first-order chi connectivity index (χ1) is 19.4. The SMILES string of the molecule is CCCCCCCCCCCCCCCCCCCCc1cc(OC(C)=O)c2c(c1)OC(C)(C)c1ccncc1-2. The van der Waals surface area contributed by atoms with E-state index in [2.05, 4.69) is 31.8 Å². The van der Waals surface area contributed by atoms with E-state index >= 15 is 0 Å². The fraction of sp³-hybridized carbons (Fsp3) is 0.667. The highest BCUT2D eigenvalue weighted by Gasteiger charge is 2.35. The summed E-state index contributed by atoms with van der Waals surface area (Å²) < 4.78 is 12.1. The van der Waals surface area contributed by atoms with Crippen molar-refractivity contribution in [3.63, 3.8) is 0 Å². The molecule has 1 aliphatic rings. The normalized spacial score (nSPS) is 13.4. The molecule has 0 radical (unpaired) electrons. The molecule has 0 aliphatic carbocycles. The largest absolute Gasteiger partial charge is 0.482 e. The maximum Gasteiger partial charge on any atom is 0.308 e. The van der Waals surface area contributed by atoms with Crippen LogP contribution in [0.15, 0.2) is 30.6 Å². The molecule has 2 heterocycles. The van der Waals surface area contributed by atoms with E-state index in [4.69, 9.17) is 9.47 Å². The fourth-order valence-corrected chi connectivity index (χ4v) is 6.05. The van der Waals surface area contributed by atoms with E-state index in [9.17, 15) is 4.79 Å². The zero-order valence-electron chi connectivity index (χ0n) is 26.0. The second-order valence-electron chi connectivity index (χ2n) is 12.4. The molecule has 3 rings (SSSR count). The number of aromatic nitrogens is 1. The molecule has 0 atom stereocenters. The maximum absolute atomic E-state index is 11.9. The topological polar surface area (TPSA) is 48.4 Å². The summed E-state index contributed by atoms with van der Waals surface area (Å²) in [4.78, 5) is 16.2. The number of fused-ring (bicyclic) bond motifs is 3. The molecule has 4 nitrogen and oxygen atoms in total. The van der Waals surface area contributed by atoms with E-state index in [1.807, 2.05) is 18.3 Å². The molecule has 0 N–H and O–H groups in total. The monoisotopic (exact) mass is 549 g/mol. The highest BCUT2D eigenvalue weighted by atomic mass is 16.5. The van der Waals surface area contributed by atoms with Crippen LogP contribution < -0.4 is 9.47 Å². The smallest absolute Gasteiger partial charge is 0.308 e. The first kappa shape index (κ1) is 32.2. The van der Waals surface area contributed by atoms with E-state index < -0.39 is 5.60 Å². The van der Waals surface area contributed by atoms with Crippen molar-refractivity contribution in [2.75, 3.05) is 0 Å². The van der Waals surface area contributed by atoms with Crippen LogP contribution >= 0.6 is 0 Å². The van der Waals surface area contributed by atoms with Gasteiger partial charge in [0.2, 0.25) is 0 Å². The predicted octanol–water partition coefficient (Wildman–Crippen LogP) is 10.9. The van der Waals surface area contributed by atoms with Gasteiger partial charge in [-0.05, 0) is 50.5 Å². The minimum atomic E-state index is -0.467. The van der Waals surface area contributed by atoms with Gasteiger partial charge in [-0.25, -0.2) is 0 Å². The number of ether oxygens (including phenoxy) is 2. The molecule has 1 aromatic heterocycles. The second kappa shape index (κ2) is 17.5. The van der Waals surface area contributed by atoms with Gasteiger partial charge in [-0.15, -0.1) is 0 Å². The molecule has 222 valence electrons. The summed E-state index contributed by atoms with van der Waals surface area (Å²) in [6.45, 7) is 7.89. The first-order valence-corrected chi connectivity index (χ1v) is 16.4. The molecule has 2 aromatic rings. The van der Waals surface area contributed by atoms with Crippen LogP contribution in [0.3, 0.4) is 0 Å². The van der Waals surface area contributed by atoms with E-state index in [0.29, 0.717) is 5.75 Å². The highest BCUT2D eigenvalue weighted by Crippen LogP contribution is 2.49. The number of hydrogen-bond acceptors (Lipinski definition) is 4. The average Bonchev–Trinajstić information content (AvgIpc) is 2.91. The number of pyridine rings is 1. The van der Waals surface area contributed by atoms with Crippen molar-refractivity contribution in [1.29, 1.82) is 0 Å². The molecule has 1 aliphatic heterocycles. The number of unbranched alkanes of at least 4 members (excludes halogenated alkanes) is 17. The Morgan fingerprint density at radius 3 is 1.85 bits per heavy atom. The second-order valence-corrected chi connectivity index (χ2v) is 12.4. The zero-order valence-corrected chi connectivity index (χ0v) is 26.0. The van der Waals surface area contributed by atoms with Gasteiger partial charge in [0.25, 0.3) is 0 Å². The van der Waals surface area contributed by atoms with E-state index in [-0.39, 0.29) is 5.97 Å². The lowest BCUT2D eigenvalue weighted by molar-refractivity contribution is -0.131. The number of rotatable bonds is 20. The Labute approximate surface area is 244 Å². The van der Waals surface area contributed by atoms with Crippen molar-refractivity contribution in [1.82, 2.24) is 4.98 Å². The average molecular weight is 550 g/mol. The third-order valence-corrected chi connectivity index (χ3v) is 8.30. The number of benzene rings is 1. The van der Waals surface area contributed by atoms with Crippen molar-refractivity contribution in [2.45, 2.75) is 155 Å². The molecule has 0 unspecified atom stereocenters. The highest BCUT2D eigenvalue weighted by molar-refractivity contribution is 5.84. The lowest BCUT2D eigenvalue weighted by atomic mass is 9.86. The first-order valence-electron chi connectivity index (χ1n) is 16.4. The molecule has 0 amide bonds. The molecule has 0 spiro atoms. The van der Waals surface area contributed by atoms with Crippen molar-refractivity contribution in [3.8, 4) is 22.6 Å². The van der Waals surface area contributed by atoms with Crippen LogP contribution in [0.25, 0.3) is 11.1 Å². The third kappa shape index (κ3) is 10.6. The van der Waals surface area contributed by atoms with Gasteiger partial charge < -0.3 is 9.47 Å². The summed E-state index contributed by atoms with van der Waals surface area (Å²) in [5.74, 6) is 1.04. The summed E-state index contributed by atoms with van der Waals surface area (Å²) in [7, 11) is 0. The van der Waals surface area contributed by atoms with Gasteiger partial charge in [0.05, 0.1) is 5.56 Å². The number of carbonyl (C=O) groups is 1. The molecule has 0 fully saturated rings. The standard InChI is InChI=1S/C36H55NO3/c1-5-6-7-8-9-10-11-12-13-14-15-16-17-18-19-20-21-22-23-30-26-33(39-29(2)38)35-31-28-37-25-24-32(31)36(3,4)40-34(35)27-30/h24-28H,5-23H2,1-4H3. The fourth-order valence-electron chi connectivity index (χ4n) is 6.05. The summed E-state index contributed by atoms with van der Waals surface area (Å²) in [6, 6.07) is 6.14. The van der Waals surface area contributed by atoms with Gasteiger partial charge in [0, 0.05) is 30.4 Å². The van der Waals surface area contributed by atoms with Crippen LogP contribution in [0.2, 0.25) is 0 Å². The van der Waals surface area contributed by atoms with Crippen LogP contribution in [0.1, 0.15) is 154 Å². The molecule has 4 heteroatoms. The number of hydrogen-bond donors (Lipinski definition) is 0. The number of aryl methyl sites for hydroxylation is 1. The van der Waals surface area contributed by atoms with Crippen LogP contribution in [0.5, 0.6) is 11.5 Å². The Morgan fingerprint density at radius 2 is 1.32 bits per heavy atom. The van der Waals surface area contributed by atoms with Crippen molar-refractivity contribution >= 4 is 5.97 Å². The number of carbonyl (C=O) groups excluding carboxylic acids is 1. The molecule has 0 saturated heterocycles. The Morgan fingerprint density at radius 1 is 0.800 bits per heavy atom. The summed E-state index contributed by atoms with van der Waals surface area (Å²) in [5.41, 5.74) is 3.56. The van der Waals surface area contributed by atoms with Gasteiger partial charge in [-0.2, -0.15) is 0 Å². The molecule has 0 saturated carbocycles. The number of nitrogens with zero attached hydrogens (tertiary/aromatic N) is 1. The van der Waals surface area contributed by atoms with E-state index in [1.54, 1.807) is 6.20 Å². The van der Waals surface area contributed by atoms with Crippen LogP contribution in [0, 0.1) is 0 Å². The minimum absolute atomic E-state index is 0.317. The van der Waals surface area contributed by atoms with Crippen LogP contribution in [-0.2, 0) is 16.8 Å². The zero-order chi connectivity index (χ0) is 28.6. The third-order valence-electron chi connectivity index (χ3n) is 8.30. The molecule has 0 bridgehead atoms. The van der Waals surface area contributed by atoms with Crippen molar-refractivity contribution in [3.05, 3.63) is 41.7 Å². The summed E-state index contributed by atoms with van der Waals surface area (Å²) in [5, 5.41) is 0. The number of esters is 1. The van der Waals surface area contributed by atoms with Crippen LogP contribution in [0.4, 0.5) is 0 Å². The van der Waals surface area contributed by atoms with Gasteiger partial charge in [-0.1, -0.05) is 116 Å². The van der Waals surface area contributed by atoms with Gasteiger partial charge in [0.1, 0.15) is 17.1 Å². The van der Waals surface area contributed by atoms with Gasteiger partial charge in [0.15, 0.2) is 0 Å². The summed E-state index contributed by atoms with van der Waals surface area (Å²) in [6.07, 6.45) is 29.4. The lowest BCUT2D eigenvalue weighted by Gasteiger charge is -2.35. The Bertz CT molecular complexity index is 1030. The molecule has 40 heavy (non-hydrogen) atoms. The Hall–Kier alpha value is -2.36. The van der Waals surface area contributed by atoms with Crippen LogP contribution in [-0.4, -0.2) is 11.0 Å². The summed E-state index contributed by atoms with van der Waals surface area (Å²) >= 11 is 0.